The summed E-state index contributed by atoms with van der Waals surface area (Å²) < 4.78 is 5.46. The van der Waals surface area contributed by atoms with Gasteiger partial charge in [0, 0.05) is 13.1 Å². The highest BCUT2D eigenvalue weighted by molar-refractivity contribution is 5.68. The summed E-state index contributed by atoms with van der Waals surface area (Å²) in [6.45, 7) is 10.5. The van der Waals surface area contributed by atoms with Crippen molar-refractivity contribution < 1.29 is 9.53 Å². The molecule has 0 bridgehead atoms. The van der Waals surface area contributed by atoms with Crippen molar-refractivity contribution in [1.29, 1.82) is 0 Å². The zero-order valence-corrected chi connectivity index (χ0v) is 14.4. The minimum atomic E-state index is -0.408. The van der Waals surface area contributed by atoms with Crippen LogP contribution in [0.15, 0.2) is 0 Å². The van der Waals surface area contributed by atoms with Crippen molar-refractivity contribution >= 4 is 6.09 Å². The monoisotopic (exact) mass is 299 g/mol. The van der Waals surface area contributed by atoms with Gasteiger partial charge in [-0.2, -0.15) is 0 Å². The zero-order chi connectivity index (χ0) is 15.9. The van der Waals surface area contributed by atoms with Crippen LogP contribution in [-0.4, -0.2) is 68.3 Å². The lowest BCUT2D eigenvalue weighted by atomic mass is 9.98. The molecule has 1 amide bonds. The fourth-order valence-electron chi connectivity index (χ4n) is 2.55. The molecule has 1 aliphatic heterocycles. The Hall–Kier alpha value is -0.810. The zero-order valence-electron chi connectivity index (χ0n) is 14.4. The van der Waals surface area contributed by atoms with Crippen LogP contribution >= 0.6 is 0 Å². The summed E-state index contributed by atoms with van der Waals surface area (Å²) in [5.41, 5.74) is -0.408. The highest BCUT2D eigenvalue weighted by Gasteiger charge is 2.27. The van der Waals surface area contributed by atoms with Crippen molar-refractivity contribution in [3.63, 3.8) is 0 Å². The third kappa shape index (κ3) is 8.27. The van der Waals surface area contributed by atoms with Gasteiger partial charge in [0.25, 0.3) is 0 Å². The Balaban J connectivity index is 2.24. The molecule has 5 heteroatoms. The Bertz CT molecular complexity index is 313. The molecular weight excluding hydrogens is 266 g/mol. The number of carbonyl (C=O) groups is 1. The minimum absolute atomic E-state index is 0.167. The summed E-state index contributed by atoms with van der Waals surface area (Å²) in [4.78, 5) is 16.2. The Kier molecular flexibility index (Phi) is 7.46. The van der Waals surface area contributed by atoms with E-state index in [0.717, 1.165) is 45.6 Å². The molecule has 21 heavy (non-hydrogen) atoms. The van der Waals surface area contributed by atoms with Gasteiger partial charge in [0.1, 0.15) is 5.60 Å². The largest absolute Gasteiger partial charge is 0.444 e. The van der Waals surface area contributed by atoms with E-state index < -0.39 is 5.60 Å². The van der Waals surface area contributed by atoms with E-state index in [4.69, 9.17) is 4.74 Å². The molecule has 0 saturated carbocycles. The lowest BCUT2D eigenvalue weighted by Gasteiger charge is -2.34. The van der Waals surface area contributed by atoms with Crippen LogP contribution in [-0.2, 0) is 4.74 Å². The third-order valence-corrected chi connectivity index (χ3v) is 3.56. The first-order valence-corrected chi connectivity index (χ1v) is 8.11. The number of hydrogen-bond donors (Lipinski definition) is 1. The van der Waals surface area contributed by atoms with Crippen LogP contribution in [0.2, 0.25) is 0 Å². The maximum atomic E-state index is 12.1. The van der Waals surface area contributed by atoms with Crippen LogP contribution in [0.4, 0.5) is 4.79 Å². The molecule has 1 unspecified atom stereocenters. The molecule has 0 aromatic heterocycles. The molecule has 0 aliphatic carbocycles. The Morgan fingerprint density at radius 1 is 1.38 bits per heavy atom. The molecule has 5 nitrogen and oxygen atoms in total. The molecule has 1 aliphatic rings. The summed E-state index contributed by atoms with van der Waals surface area (Å²) in [7, 11) is 4.19. The number of carbonyl (C=O) groups excluding carboxylic acids is 1. The molecule has 1 atom stereocenters. The maximum Gasteiger partial charge on any atom is 0.410 e. The fraction of sp³-hybridized carbons (Fsp3) is 0.938. The predicted octanol–water partition coefficient (Wildman–Crippen LogP) is 2.17. The second-order valence-electron chi connectivity index (χ2n) is 7.30. The Morgan fingerprint density at radius 3 is 2.71 bits per heavy atom. The number of piperidine rings is 1. The summed E-state index contributed by atoms with van der Waals surface area (Å²) in [5, 5.41) is 3.51. The van der Waals surface area contributed by atoms with E-state index in [1.165, 1.54) is 6.42 Å². The molecule has 1 N–H and O–H groups in total. The number of likely N-dealkylation sites (tertiary alicyclic amines) is 1. The van der Waals surface area contributed by atoms with Gasteiger partial charge in [0.15, 0.2) is 0 Å². The number of hydrogen-bond acceptors (Lipinski definition) is 4. The highest BCUT2D eigenvalue weighted by atomic mass is 16.6. The molecule has 1 saturated heterocycles. The van der Waals surface area contributed by atoms with Crippen molar-refractivity contribution in [1.82, 2.24) is 15.1 Å². The van der Waals surface area contributed by atoms with Gasteiger partial charge in [-0.05, 0) is 79.7 Å². The number of ether oxygens (including phenoxy) is 1. The standard InChI is InChI=1S/C16H33N3O2/c1-16(2,3)21-15(20)19-11-6-8-14(13-19)12-17-9-7-10-18(4)5/h14,17H,6-13H2,1-5H3. The maximum absolute atomic E-state index is 12.1. The van der Waals surface area contributed by atoms with Gasteiger partial charge in [-0.1, -0.05) is 0 Å². The van der Waals surface area contributed by atoms with Gasteiger partial charge in [-0.3, -0.25) is 0 Å². The van der Waals surface area contributed by atoms with Crippen LogP contribution < -0.4 is 5.32 Å². The van der Waals surface area contributed by atoms with Gasteiger partial charge in [-0.15, -0.1) is 0 Å². The molecule has 124 valence electrons. The Morgan fingerprint density at radius 2 is 2.10 bits per heavy atom. The van der Waals surface area contributed by atoms with Crippen molar-refractivity contribution in [2.24, 2.45) is 5.92 Å². The third-order valence-electron chi connectivity index (χ3n) is 3.56. The molecule has 1 heterocycles. The number of nitrogens with zero attached hydrogens (tertiary/aromatic N) is 2. The number of rotatable bonds is 6. The first-order valence-electron chi connectivity index (χ1n) is 8.11. The molecule has 0 aromatic carbocycles. The van der Waals surface area contributed by atoms with E-state index in [9.17, 15) is 4.79 Å². The molecule has 0 aromatic rings. The quantitative estimate of drug-likeness (QED) is 0.764. The average Bonchev–Trinajstić information content (AvgIpc) is 2.36. The van der Waals surface area contributed by atoms with E-state index in [2.05, 4.69) is 24.3 Å². The van der Waals surface area contributed by atoms with Crippen LogP contribution in [0.25, 0.3) is 0 Å². The lowest BCUT2D eigenvalue weighted by Crippen LogP contribution is -2.45. The minimum Gasteiger partial charge on any atom is -0.444 e. The molecular formula is C16H33N3O2. The van der Waals surface area contributed by atoms with Crippen LogP contribution in [0.5, 0.6) is 0 Å². The molecule has 1 fully saturated rings. The molecule has 1 rings (SSSR count). The number of nitrogens with one attached hydrogen (secondary N) is 1. The van der Waals surface area contributed by atoms with Crippen molar-refractivity contribution in [2.75, 3.05) is 46.8 Å². The van der Waals surface area contributed by atoms with E-state index in [0.29, 0.717) is 5.92 Å². The van der Waals surface area contributed by atoms with Gasteiger partial charge < -0.3 is 19.9 Å². The summed E-state index contributed by atoms with van der Waals surface area (Å²) in [5.74, 6) is 0.547. The van der Waals surface area contributed by atoms with Crippen LogP contribution in [0.1, 0.15) is 40.0 Å². The van der Waals surface area contributed by atoms with Gasteiger partial charge in [0.05, 0.1) is 0 Å². The first-order chi connectivity index (χ1) is 9.78. The van der Waals surface area contributed by atoms with Gasteiger partial charge >= 0.3 is 6.09 Å². The van der Waals surface area contributed by atoms with Gasteiger partial charge in [-0.25, -0.2) is 4.79 Å². The van der Waals surface area contributed by atoms with E-state index in [-0.39, 0.29) is 6.09 Å². The summed E-state index contributed by atoms with van der Waals surface area (Å²) in [6, 6.07) is 0. The van der Waals surface area contributed by atoms with Crippen molar-refractivity contribution in [3.05, 3.63) is 0 Å². The SMILES string of the molecule is CN(C)CCCNCC1CCCN(C(=O)OC(C)(C)C)C1. The second-order valence-corrected chi connectivity index (χ2v) is 7.30. The normalized spacial score (nSPS) is 19.9. The smallest absolute Gasteiger partial charge is 0.410 e. The number of amides is 1. The summed E-state index contributed by atoms with van der Waals surface area (Å²) >= 11 is 0. The molecule has 0 spiro atoms. The lowest BCUT2D eigenvalue weighted by molar-refractivity contribution is 0.0166. The van der Waals surface area contributed by atoms with E-state index >= 15 is 0 Å². The topological polar surface area (TPSA) is 44.8 Å². The van der Waals surface area contributed by atoms with E-state index in [1.807, 2.05) is 25.7 Å². The van der Waals surface area contributed by atoms with Crippen molar-refractivity contribution in [2.45, 2.75) is 45.6 Å². The summed E-state index contributed by atoms with van der Waals surface area (Å²) in [6.07, 6.45) is 3.26. The first kappa shape index (κ1) is 18.2. The second kappa shape index (κ2) is 8.59. The highest BCUT2D eigenvalue weighted by Crippen LogP contribution is 2.18. The van der Waals surface area contributed by atoms with Gasteiger partial charge in [0.2, 0.25) is 0 Å². The predicted molar refractivity (Wildman–Crippen MR) is 86.6 cm³/mol. The fourth-order valence-corrected chi connectivity index (χ4v) is 2.55. The average molecular weight is 299 g/mol. The Labute approximate surface area is 130 Å². The van der Waals surface area contributed by atoms with E-state index in [1.54, 1.807) is 0 Å². The van der Waals surface area contributed by atoms with Crippen LogP contribution in [0.3, 0.4) is 0 Å². The van der Waals surface area contributed by atoms with Crippen LogP contribution in [0, 0.1) is 5.92 Å². The van der Waals surface area contributed by atoms with Crippen molar-refractivity contribution in [3.8, 4) is 0 Å². The molecule has 0 radical (unpaired) electrons.